The Morgan fingerprint density at radius 1 is 0.144 bits per heavy atom. The van der Waals surface area contributed by atoms with Gasteiger partial charge in [0.2, 0.25) is 0 Å². The molecule has 26 rings (SSSR count). The van der Waals surface area contributed by atoms with Gasteiger partial charge >= 0.3 is 0 Å². The maximum atomic E-state index is 4.75. The van der Waals surface area contributed by atoms with Crippen molar-refractivity contribution < 1.29 is 0 Å². The number of aryl methyl sites for hydroxylation is 2. The van der Waals surface area contributed by atoms with Crippen LogP contribution in [-0.2, 0) is 0 Å². The van der Waals surface area contributed by atoms with Crippen molar-refractivity contribution >= 4 is 192 Å². The van der Waals surface area contributed by atoms with Crippen LogP contribution in [0.2, 0.25) is 0 Å². The van der Waals surface area contributed by atoms with Gasteiger partial charge in [0.25, 0.3) is 0 Å². The Hall–Kier alpha value is -15.4. The molecule has 20 aromatic carbocycles. The molecule has 0 unspecified atom stereocenters. The highest BCUT2D eigenvalue weighted by Gasteiger charge is 2.21. The molecule has 6 heterocycles. The van der Waals surface area contributed by atoms with E-state index in [0.717, 1.165) is 65.4 Å². The maximum Gasteiger partial charge on any atom is 0.0971 e. The third kappa shape index (κ3) is 12.7. The SMILES string of the molecule is Cc1cc(-c2ccc3c(c2)c2ccccc2c2nccnc32)c(C)cc1-c1ccc2sc3ccccc3c2c1.c1cc(-c2cccc(-c3ccc4c(c3)c3ccccc3c3nccnc43)c2)cc(-c2ccc3sc4ccccc4c3c2)c1.c1ccc(-c2ccccc2-c2ccc3c(c2)c2ccccc2c2nccnc32)c(-c2ccc3sc4ccccc4c3c2)c1. The zero-order valence-corrected chi connectivity index (χ0v) is 70.5. The van der Waals surface area contributed by atoms with Crippen molar-refractivity contribution in [2.24, 2.45) is 0 Å². The molecule has 0 spiro atoms. The monoisotopic (exact) mass is 1640 g/mol. The second kappa shape index (κ2) is 30.4. The zero-order valence-electron chi connectivity index (χ0n) is 68.0. The van der Waals surface area contributed by atoms with Gasteiger partial charge in [0.05, 0.1) is 33.1 Å². The quantitative estimate of drug-likeness (QED) is 0.141. The lowest BCUT2D eigenvalue weighted by Crippen LogP contribution is -1.92. The lowest BCUT2D eigenvalue weighted by atomic mass is 9.88. The van der Waals surface area contributed by atoms with Crippen molar-refractivity contribution in [1.29, 1.82) is 0 Å². The average molecular weight is 1650 g/mol. The van der Waals surface area contributed by atoms with E-state index in [1.54, 1.807) is 37.2 Å². The van der Waals surface area contributed by atoms with Gasteiger partial charge in [-0.2, -0.15) is 0 Å². The van der Waals surface area contributed by atoms with Crippen LogP contribution >= 0.6 is 34.0 Å². The van der Waals surface area contributed by atoms with E-state index in [0.29, 0.717) is 0 Å². The fourth-order valence-corrected chi connectivity index (χ4v) is 22.5. The van der Waals surface area contributed by atoms with Gasteiger partial charge in [-0.3, -0.25) is 29.9 Å². The van der Waals surface area contributed by atoms with Gasteiger partial charge in [0.15, 0.2) is 0 Å². The number of hydrogen-bond donors (Lipinski definition) is 0. The number of rotatable bonds is 8. The first-order valence-corrected chi connectivity index (χ1v) is 44.7. The Labute approximate surface area is 731 Å². The standard InChI is InChI=1S/2C40H24N2S.C36H24N2S/c1-3-11-29(30-12-4-2-10-28(30)26-18-20-38-36(24-26)32-14-7-8-16-37(32)43-38)27(9-1)25-17-19-34-35(23-25)31-13-5-6-15-33(31)39-40(34)42-22-21-41-39;1-2-13-33-31(11-1)35-23-29(15-17-34(35)40-39(33)41-19-20-42-40)27-9-5-7-25(21-27)26-8-6-10-28(22-26)30-16-18-38-36(24-30)32-12-3-4-14-37(32)43-38;1-21-18-30(24-12-14-34-32(20-24)26-8-5-6-10-33(26)39-34)22(2)17-29(21)23-11-13-28-31(19-23)25-7-3-4-9-27(25)35-36(28)38-16-15-37-35/h2*1-24H;3-20H,1-2H3. The first kappa shape index (κ1) is 73.6. The third-order valence-corrected chi connectivity index (χ3v) is 28.6. The summed E-state index contributed by atoms with van der Waals surface area (Å²) in [6.07, 6.45) is 10.7. The van der Waals surface area contributed by atoms with Crippen LogP contribution in [0.15, 0.2) is 401 Å². The topological polar surface area (TPSA) is 77.3 Å². The number of aromatic nitrogens is 6. The van der Waals surface area contributed by atoms with E-state index in [-0.39, 0.29) is 0 Å². The molecule has 0 aliphatic carbocycles. The second-order valence-corrected chi connectivity index (χ2v) is 35.6. The van der Waals surface area contributed by atoms with Crippen LogP contribution in [0.25, 0.3) is 247 Å². The Balaban J connectivity index is 0.000000105. The van der Waals surface area contributed by atoms with Crippen molar-refractivity contribution in [2.45, 2.75) is 13.8 Å². The molecule has 6 aromatic heterocycles. The molecule has 0 fully saturated rings. The van der Waals surface area contributed by atoms with Gasteiger partial charge in [-0.05, 0) is 231 Å². The van der Waals surface area contributed by atoms with Crippen LogP contribution in [0.5, 0.6) is 0 Å². The van der Waals surface area contributed by atoms with Gasteiger partial charge in [0.1, 0.15) is 0 Å². The highest BCUT2D eigenvalue weighted by atomic mass is 32.1. The summed E-state index contributed by atoms with van der Waals surface area (Å²) in [5.41, 5.74) is 27.9. The molecule has 0 bridgehead atoms. The van der Waals surface area contributed by atoms with E-state index in [4.69, 9.17) is 19.9 Å². The van der Waals surface area contributed by atoms with Crippen LogP contribution in [0.1, 0.15) is 11.1 Å². The van der Waals surface area contributed by atoms with Gasteiger partial charge in [-0.1, -0.05) is 279 Å². The minimum Gasteiger partial charge on any atom is -0.252 e. The maximum absolute atomic E-state index is 4.75. The molecule has 0 amide bonds. The predicted octanol–water partition coefficient (Wildman–Crippen LogP) is 32.9. The number of nitrogens with zero attached hydrogens (tertiary/aromatic N) is 6. The van der Waals surface area contributed by atoms with E-state index in [1.165, 1.54) is 193 Å². The predicted molar refractivity (Wildman–Crippen MR) is 535 cm³/mol. The highest BCUT2D eigenvalue weighted by molar-refractivity contribution is 7.26. The fourth-order valence-electron chi connectivity index (χ4n) is 19.2. The van der Waals surface area contributed by atoms with E-state index in [2.05, 4.69) is 388 Å². The number of fused-ring (bicyclic) bond motifs is 27. The van der Waals surface area contributed by atoms with Crippen LogP contribution in [0.4, 0.5) is 0 Å². The first-order valence-electron chi connectivity index (χ1n) is 42.2. The lowest BCUT2D eigenvalue weighted by Gasteiger charge is -2.16. The second-order valence-electron chi connectivity index (χ2n) is 32.3. The summed E-state index contributed by atoms with van der Waals surface area (Å²) < 4.78 is 8.00. The van der Waals surface area contributed by atoms with Crippen molar-refractivity contribution in [2.75, 3.05) is 0 Å². The van der Waals surface area contributed by atoms with E-state index in [9.17, 15) is 0 Å². The van der Waals surface area contributed by atoms with Gasteiger partial charge in [-0.15, -0.1) is 34.0 Å². The van der Waals surface area contributed by atoms with Crippen molar-refractivity contribution in [1.82, 2.24) is 29.9 Å². The molecular formula is C116H72N6S3. The van der Waals surface area contributed by atoms with E-state index >= 15 is 0 Å². The molecule has 0 atom stereocenters. The summed E-state index contributed by atoms with van der Waals surface area (Å²) in [7, 11) is 0. The molecule has 0 saturated heterocycles. The van der Waals surface area contributed by atoms with Crippen molar-refractivity contribution in [3.8, 4) is 89.0 Å². The summed E-state index contributed by atoms with van der Waals surface area (Å²) in [4.78, 5) is 28.2. The molecule has 9 heteroatoms. The average Bonchev–Trinajstić information content (AvgIpc) is 1.36. The molecule has 0 radical (unpaired) electrons. The normalized spacial score (nSPS) is 11.8. The molecule has 0 N–H and O–H groups in total. The first-order chi connectivity index (χ1) is 61.8. The molecule has 125 heavy (non-hydrogen) atoms. The van der Waals surface area contributed by atoms with Crippen LogP contribution in [0, 0.1) is 13.8 Å². The Bertz CT molecular complexity index is 8840. The number of benzene rings is 20. The Morgan fingerprint density at radius 2 is 0.368 bits per heavy atom. The van der Waals surface area contributed by atoms with Crippen molar-refractivity contribution in [3.63, 3.8) is 0 Å². The summed E-state index contributed by atoms with van der Waals surface area (Å²) in [6.45, 7) is 4.46. The smallest absolute Gasteiger partial charge is 0.0971 e. The van der Waals surface area contributed by atoms with Gasteiger partial charge in [0, 0.05) is 130 Å². The molecule has 26 aromatic rings. The largest absolute Gasteiger partial charge is 0.252 e. The van der Waals surface area contributed by atoms with E-state index < -0.39 is 0 Å². The van der Waals surface area contributed by atoms with Crippen LogP contribution < -0.4 is 0 Å². The molecule has 0 saturated carbocycles. The summed E-state index contributed by atoms with van der Waals surface area (Å²) in [5, 5.41) is 22.0. The molecule has 0 aliphatic rings. The summed E-state index contributed by atoms with van der Waals surface area (Å²) >= 11 is 5.59. The number of thiophene rings is 3. The molecular weight excluding hydrogens is 1570 g/mol. The molecule has 6 nitrogen and oxygen atoms in total. The zero-order chi connectivity index (χ0) is 82.7. The van der Waals surface area contributed by atoms with E-state index in [1.807, 2.05) is 34.0 Å². The summed E-state index contributed by atoms with van der Waals surface area (Å²) in [6, 6.07) is 133. The minimum absolute atomic E-state index is 0.942. The van der Waals surface area contributed by atoms with Crippen LogP contribution in [-0.4, -0.2) is 29.9 Å². The summed E-state index contributed by atoms with van der Waals surface area (Å²) in [5.74, 6) is 0. The Kier molecular flexibility index (Phi) is 17.9. The fraction of sp³-hybridized carbons (Fsp3) is 0.0172. The third-order valence-electron chi connectivity index (χ3n) is 25.2. The number of hydrogen-bond acceptors (Lipinski definition) is 9. The van der Waals surface area contributed by atoms with Crippen molar-refractivity contribution in [3.05, 3.63) is 412 Å². The van der Waals surface area contributed by atoms with Crippen LogP contribution in [0.3, 0.4) is 0 Å². The Morgan fingerprint density at radius 3 is 0.712 bits per heavy atom. The van der Waals surface area contributed by atoms with Gasteiger partial charge < -0.3 is 0 Å². The molecule has 0 aliphatic heterocycles. The lowest BCUT2D eigenvalue weighted by molar-refractivity contribution is 1.31. The highest BCUT2D eigenvalue weighted by Crippen LogP contribution is 2.47. The van der Waals surface area contributed by atoms with Gasteiger partial charge in [-0.25, -0.2) is 0 Å². The molecule has 584 valence electrons. The minimum atomic E-state index is 0.942.